The molecule has 3 N–H and O–H groups in total. The summed E-state index contributed by atoms with van der Waals surface area (Å²) in [5.41, 5.74) is 0.853. The number of unbranched alkanes of at least 4 members (excludes halogenated alkanes) is 5. The van der Waals surface area contributed by atoms with Gasteiger partial charge in [-0.2, -0.15) is 0 Å². The van der Waals surface area contributed by atoms with Crippen LogP contribution in [0.5, 0.6) is 11.8 Å². The fourth-order valence-electron chi connectivity index (χ4n) is 4.64. The van der Waals surface area contributed by atoms with Crippen molar-refractivity contribution in [1.82, 2.24) is 9.88 Å². The first-order valence-electron chi connectivity index (χ1n) is 10.1. The molecule has 0 bridgehead atoms. The molecular formula is C21H38N2O2. The molecule has 1 saturated heterocycles. The number of nitrogens with zero attached hydrogens (tertiary/aromatic N) is 1. The second-order valence-electron chi connectivity index (χ2n) is 9.19. The van der Waals surface area contributed by atoms with Crippen molar-refractivity contribution in [3.05, 3.63) is 11.6 Å². The van der Waals surface area contributed by atoms with Crippen LogP contribution >= 0.6 is 0 Å². The van der Waals surface area contributed by atoms with Crippen molar-refractivity contribution in [2.24, 2.45) is 0 Å². The minimum absolute atomic E-state index is 0.0188. The van der Waals surface area contributed by atoms with Gasteiger partial charge in [0.05, 0.1) is 0 Å². The predicted octanol–water partition coefficient (Wildman–Crippen LogP) is 5.28. The van der Waals surface area contributed by atoms with Gasteiger partial charge in [0.15, 0.2) is 11.8 Å². The van der Waals surface area contributed by atoms with Crippen LogP contribution in [0.2, 0.25) is 0 Å². The first-order chi connectivity index (χ1) is 11.7. The van der Waals surface area contributed by atoms with Gasteiger partial charge in [-0.1, -0.05) is 39.0 Å². The molecule has 1 aliphatic rings. The molecule has 0 unspecified atom stereocenters. The SMILES string of the molecule is CCCCCCCCc1cc(O)n(C2CC(C)(C)NC(C)(C)C2)c1O. The molecule has 144 valence electrons. The lowest BCUT2D eigenvalue weighted by Crippen LogP contribution is -2.57. The summed E-state index contributed by atoms with van der Waals surface area (Å²) < 4.78 is 1.76. The second-order valence-corrected chi connectivity index (χ2v) is 9.19. The van der Waals surface area contributed by atoms with Gasteiger partial charge in [-0.3, -0.25) is 4.57 Å². The van der Waals surface area contributed by atoms with Crippen molar-refractivity contribution in [3.63, 3.8) is 0 Å². The summed E-state index contributed by atoms with van der Waals surface area (Å²) in [6.07, 6.45) is 10.0. The quantitative estimate of drug-likeness (QED) is 0.559. The highest BCUT2D eigenvalue weighted by Crippen LogP contribution is 2.42. The summed E-state index contributed by atoms with van der Waals surface area (Å²) in [6, 6.07) is 1.88. The average molecular weight is 351 g/mol. The number of aryl methyl sites for hydroxylation is 1. The van der Waals surface area contributed by atoms with Gasteiger partial charge >= 0.3 is 0 Å². The van der Waals surface area contributed by atoms with E-state index in [0.29, 0.717) is 0 Å². The maximum absolute atomic E-state index is 10.7. The van der Waals surface area contributed by atoms with E-state index in [-0.39, 0.29) is 28.9 Å². The lowest BCUT2D eigenvalue weighted by atomic mass is 9.79. The molecule has 4 nitrogen and oxygen atoms in total. The van der Waals surface area contributed by atoms with Gasteiger partial charge in [0.1, 0.15) is 0 Å². The Morgan fingerprint density at radius 3 is 2.16 bits per heavy atom. The number of hydrogen-bond donors (Lipinski definition) is 3. The van der Waals surface area contributed by atoms with Crippen LogP contribution in [-0.4, -0.2) is 25.9 Å². The van der Waals surface area contributed by atoms with Crippen LogP contribution in [0.15, 0.2) is 6.07 Å². The van der Waals surface area contributed by atoms with E-state index < -0.39 is 0 Å². The van der Waals surface area contributed by atoms with Gasteiger partial charge in [0, 0.05) is 28.7 Å². The van der Waals surface area contributed by atoms with E-state index >= 15 is 0 Å². The van der Waals surface area contributed by atoms with Crippen LogP contribution in [0.4, 0.5) is 0 Å². The van der Waals surface area contributed by atoms with Crippen LogP contribution in [0, 0.1) is 0 Å². The van der Waals surface area contributed by atoms with Gasteiger partial charge in [-0.25, -0.2) is 0 Å². The summed E-state index contributed by atoms with van der Waals surface area (Å²) in [6.45, 7) is 11.0. The van der Waals surface area contributed by atoms with Gasteiger partial charge in [-0.05, 0) is 53.4 Å². The van der Waals surface area contributed by atoms with E-state index in [1.165, 1.54) is 32.1 Å². The number of aromatic hydroxyl groups is 2. The normalized spacial score (nSPS) is 20.0. The van der Waals surface area contributed by atoms with Gasteiger partial charge < -0.3 is 15.5 Å². The Labute approximate surface area is 153 Å². The van der Waals surface area contributed by atoms with Gasteiger partial charge in [0.25, 0.3) is 0 Å². The summed E-state index contributed by atoms with van der Waals surface area (Å²) in [4.78, 5) is 0. The van der Waals surface area contributed by atoms with Crippen LogP contribution in [0.25, 0.3) is 0 Å². The Kier molecular flexibility index (Phi) is 6.47. The summed E-state index contributed by atoms with van der Waals surface area (Å²) >= 11 is 0. The molecule has 0 atom stereocenters. The second kappa shape index (κ2) is 8.03. The van der Waals surface area contributed by atoms with E-state index in [2.05, 4.69) is 39.9 Å². The minimum atomic E-state index is -0.0188. The number of rotatable bonds is 8. The average Bonchev–Trinajstić information content (AvgIpc) is 2.74. The highest BCUT2D eigenvalue weighted by molar-refractivity contribution is 5.36. The maximum atomic E-state index is 10.7. The molecule has 0 aliphatic carbocycles. The first-order valence-corrected chi connectivity index (χ1v) is 10.1. The summed E-state index contributed by atoms with van der Waals surface area (Å²) in [5.74, 6) is 0.474. The molecule has 25 heavy (non-hydrogen) atoms. The van der Waals surface area contributed by atoms with Crippen molar-refractivity contribution in [2.45, 2.75) is 110 Å². The number of aromatic nitrogens is 1. The third kappa shape index (κ3) is 5.40. The van der Waals surface area contributed by atoms with Crippen molar-refractivity contribution < 1.29 is 10.2 Å². The van der Waals surface area contributed by atoms with Crippen LogP contribution in [0.1, 0.15) is 97.6 Å². The highest BCUT2D eigenvalue weighted by Gasteiger charge is 2.39. The smallest absolute Gasteiger partial charge is 0.197 e. The zero-order valence-corrected chi connectivity index (χ0v) is 16.9. The van der Waals surface area contributed by atoms with Crippen LogP contribution in [0.3, 0.4) is 0 Å². The first kappa shape index (κ1) is 20.2. The van der Waals surface area contributed by atoms with E-state index in [4.69, 9.17) is 0 Å². The van der Waals surface area contributed by atoms with Gasteiger partial charge in [0.2, 0.25) is 0 Å². The molecular weight excluding hydrogens is 312 g/mol. The number of nitrogens with one attached hydrogen (secondary N) is 1. The molecule has 0 spiro atoms. The van der Waals surface area contributed by atoms with E-state index in [0.717, 1.165) is 31.2 Å². The van der Waals surface area contributed by atoms with Gasteiger partial charge in [-0.15, -0.1) is 0 Å². The molecule has 0 aromatic carbocycles. The third-order valence-corrected chi connectivity index (χ3v) is 5.40. The predicted molar refractivity (Wildman–Crippen MR) is 104 cm³/mol. The largest absolute Gasteiger partial charge is 0.494 e. The Hall–Kier alpha value is -1.16. The molecule has 2 rings (SSSR count). The Balaban J connectivity index is 2.03. The highest BCUT2D eigenvalue weighted by atomic mass is 16.3. The molecule has 0 saturated carbocycles. The monoisotopic (exact) mass is 350 g/mol. The fraction of sp³-hybridized carbons (Fsp3) is 0.810. The number of piperidine rings is 1. The fourth-order valence-corrected chi connectivity index (χ4v) is 4.64. The Morgan fingerprint density at radius 2 is 1.56 bits per heavy atom. The van der Waals surface area contributed by atoms with E-state index in [1.54, 1.807) is 10.6 Å². The molecule has 2 heterocycles. The minimum Gasteiger partial charge on any atom is -0.494 e. The number of hydrogen-bond acceptors (Lipinski definition) is 3. The van der Waals surface area contributed by atoms with Crippen molar-refractivity contribution in [2.75, 3.05) is 0 Å². The van der Waals surface area contributed by atoms with Crippen molar-refractivity contribution in [1.29, 1.82) is 0 Å². The maximum Gasteiger partial charge on any atom is 0.197 e. The Morgan fingerprint density at radius 1 is 1.00 bits per heavy atom. The van der Waals surface area contributed by atoms with Crippen LogP contribution in [-0.2, 0) is 6.42 Å². The standard InChI is InChI=1S/C21H38N2O2/c1-6-7-8-9-10-11-12-16-13-18(24)23(19(16)25)17-14-20(2,3)22-21(4,5)15-17/h13,17,22,24-25H,6-12,14-15H2,1-5H3. The lowest BCUT2D eigenvalue weighted by Gasteiger charge is -2.47. The van der Waals surface area contributed by atoms with E-state index in [1.807, 2.05) is 0 Å². The Bertz CT molecular complexity index is 544. The molecule has 1 aromatic heterocycles. The zero-order chi connectivity index (χ0) is 18.7. The molecule has 1 aliphatic heterocycles. The molecule has 4 heteroatoms. The summed E-state index contributed by atoms with van der Waals surface area (Å²) in [5, 5.41) is 24.8. The van der Waals surface area contributed by atoms with Crippen molar-refractivity contribution >= 4 is 0 Å². The third-order valence-electron chi connectivity index (χ3n) is 5.40. The lowest BCUT2D eigenvalue weighted by molar-refractivity contribution is 0.123. The topological polar surface area (TPSA) is 57.4 Å². The molecule has 0 radical (unpaired) electrons. The summed E-state index contributed by atoms with van der Waals surface area (Å²) in [7, 11) is 0. The molecule has 1 aromatic rings. The van der Waals surface area contributed by atoms with Crippen molar-refractivity contribution in [3.8, 4) is 11.8 Å². The molecule has 1 fully saturated rings. The zero-order valence-electron chi connectivity index (χ0n) is 16.9. The van der Waals surface area contributed by atoms with E-state index in [9.17, 15) is 10.2 Å². The molecule has 0 amide bonds. The van der Waals surface area contributed by atoms with Crippen LogP contribution < -0.4 is 5.32 Å².